The number of nitriles is 1. The highest BCUT2D eigenvalue weighted by molar-refractivity contribution is 7.80. The van der Waals surface area contributed by atoms with E-state index in [4.69, 9.17) is 12.2 Å². The van der Waals surface area contributed by atoms with E-state index in [9.17, 15) is 10.1 Å². The summed E-state index contributed by atoms with van der Waals surface area (Å²) in [5, 5.41) is 14.9. The third-order valence-electron chi connectivity index (χ3n) is 3.00. The summed E-state index contributed by atoms with van der Waals surface area (Å²) in [5.41, 5.74) is 1.72. The highest BCUT2D eigenvalue weighted by Crippen LogP contribution is 2.09. The third kappa shape index (κ3) is 4.40. The maximum atomic E-state index is 12.1. The molecule has 1 unspecified atom stereocenters. The normalized spacial score (nSPS) is 11.0. The number of nitrogens with zero attached hydrogens (tertiary/aromatic N) is 1. The van der Waals surface area contributed by atoms with E-state index in [2.05, 4.69) is 10.6 Å². The van der Waals surface area contributed by atoms with Crippen molar-refractivity contribution < 1.29 is 4.79 Å². The SMILES string of the molecule is N#CC(C(=O)NCc1ccccc1)C(=S)Nc1ccccc1. The van der Waals surface area contributed by atoms with E-state index in [0.717, 1.165) is 11.3 Å². The van der Waals surface area contributed by atoms with Crippen LogP contribution < -0.4 is 10.6 Å². The largest absolute Gasteiger partial charge is 0.351 e. The molecule has 0 fully saturated rings. The van der Waals surface area contributed by atoms with E-state index in [1.807, 2.05) is 66.7 Å². The minimum absolute atomic E-state index is 0.194. The summed E-state index contributed by atoms with van der Waals surface area (Å²) in [6.45, 7) is 0.367. The molecule has 2 N–H and O–H groups in total. The summed E-state index contributed by atoms with van der Waals surface area (Å²) in [4.78, 5) is 12.3. The molecule has 1 amide bonds. The Kier molecular flexibility index (Phi) is 5.64. The first-order valence-corrected chi connectivity index (χ1v) is 7.18. The number of para-hydroxylation sites is 1. The molecule has 4 nitrogen and oxygen atoms in total. The Labute approximate surface area is 134 Å². The van der Waals surface area contributed by atoms with Gasteiger partial charge >= 0.3 is 0 Å². The van der Waals surface area contributed by atoms with Crippen LogP contribution in [0.1, 0.15) is 5.56 Å². The summed E-state index contributed by atoms with van der Waals surface area (Å²) >= 11 is 5.17. The van der Waals surface area contributed by atoms with Crippen LogP contribution in [0, 0.1) is 17.2 Å². The fourth-order valence-electron chi connectivity index (χ4n) is 1.86. The Morgan fingerprint density at radius 2 is 1.68 bits per heavy atom. The van der Waals surface area contributed by atoms with Crippen LogP contribution in [0.5, 0.6) is 0 Å². The monoisotopic (exact) mass is 309 g/mol. The fourth-order valence-corrected chi connectivity index (χ4v) is 2.14. The summed E-state index contributed by atoms with van der Waals surface area (Å²) in [7, 11) is 0. The Bertz CT molecular complexity index is 680. The van der Waals surface area contributed by atoms with Crippen LogP contribution in [-0.4, -0.2) is 10.9 Å². The van der Waals surface area contributed by atoms with Gasteiger partial charge in [0.25, 0.3) is 0 Å². The number of benzene rings is 2. The number of rotatable bonds is 5. The van der Waals surface area contributed by atoms with E-state index in [1.165, 1.54) is 0 Å². The fraction of sp³-hybridized carbons (Fsp3) is 0.118. The second-order valence-corrected chi connectivity index (χ2v) is 5.06. The molecule has 5 heteroatoms. The van der Waals surface area contributed by atoms with Gasteiger partial charge in [-0.1, -0.05) is 60.7 Å². The van der Waals surface area contributed by atoms with Crippen molar-refractivity contribution in [1.82, 2.24) is 5.32 Å². The number of anilines is 1. The number of hydrogen-bond donors (Lipinski definition) is 2. The van der Waals surface area contributed by atoms with Gasteiger partial charge in [-0.25, -0.2) is 0 Å². The molecule has 0 aliphatic rings. The van der Waals surface area contributed by atoms with Gasteiger partial charge in [-0.3, -0.25) is 4.79 Å². The van der Waals surface area contributed by atoms with Crippen molar-refractivity contribution in [1.29, 1.82) is 5.26 Å². The van der Waals surface area contributed by atoms with Gasteiger partial charge in [0.05, 0.1) is 6.07 Å². The lowest BCUT2D eigenvalue weighted by Crippen LogP contribution is -2.36. The predicted molar refractivity (Wildman–Crippen MR) is 90.1 cm³/mol. The number of hydrogen-bond acceptors (Lipinski definition) is 3. The summed E-state index contributed by atoms with van der Waals surface area (Å²) in [5.74, 6) is -1.42. The van der Waals surface area contributed by atoms with E-state index >= 15 is 0 Å². The third-order valence-corrected chi connectivity index (χ3v) is 3.34. The standard InChI is InChI=1S/C17H15N3OS/c18-11-15(17(22)20-14-9-5-2-6-10-14)16(21)19-12-13-7-3-1-4-8-13/h1-10,15H,12H2,(H,19,21)(H,20,22). The first kappa shape index (κ1) is 15.7. The Morgan fingerprint density at radius 3 is 2.27 bits per heavy atom. The topological polar surface area (TPSA) is 64.9 Å². The van der Waals surface area contributed by atoms with E-state index in [1.54, 1.807) is 0 Å². The Hall–Kier alpha value is -2.71. The molecule has 0 saturated carbocycles. The molecule has 0 bridgehead atoms. The first-order valence-electron chi connectivity index (χ1n) is 6.78. The highest BCUT2D eigenvalue weighted by Gasteiger charge is 2.22. The number of amides is 1. The number of thiocarbonyl (C=S) groups is 1. The van der Waals surface area contributed by atoms with Gasteiger partial charge in [-0.2, -0.15) is 5.26 Å². The molecule has 2 aromatic carbocycles. The van der Waals surface area contributed by atoms with E-state index < -0.39 is 11.8 Å². The van der Waals surface area contributed by atoms with Crippen LogP contribution in [0.2, 0.25) is 0 Å². The lowest BCUT2D eigenvalue weighted by Gasteiger charge is -2.13. The van der Waals surface area contributed by atoms with Gasteiger partial charge in [0.1, 0.15) is 4.99 Å². The van der Waals surface area contributed by atoms with Crippen LogP contribution in [0.25, 0.3) is 0 Å². The van der Waals surface area contributed by atoms with Crippen LogP contribution in [-0.2, 0) is 11.3 Å². The van der Waals surface area contributed by atoms with Gasteiger partial charge in [0, 0.05) is 12.2 Å². The van der Waals surface area contributed by atoms with Crippen LogP contribution in [0.4, 0.5) is 5.69 Å². The van der Waals surface area contributed by atoms with Crippen LogP contribution in [0.3, 0.4) is 0 Å². The van der Waals surface area contributed by atoms with Crippen molar-refractivity contribution in [3.63, 3.8) is 0 Å². The maximum Gasteiger partial charge on any atom is 0.244 e. The average molecular weight is 309 g/mol. The summed E-state index contributed by atoms with van der Waals surface area (Å²) < 4.78 is 0. The van der Waals surface area contributed by atoms with Gasteiger partial charge in [0.15, 0.2) is 5.92 Å². The molecule has 0 aromatic heterocycles. The molecular formula is C17H15N3OS. The van der Waals surface area contributed by atoms with Crippen molar-refractivity contribution in [2.75, 3.05) is 5.32 Å². The van der Waals surface area contributed by atoms with Crippen molar-refractivity contribution in [3.8, 4) is 6.07 Å². The van der Waals surface area contributed by atoms with Crippen molar-refractivity contribution in [2.24, 2.45) is 5.92 Å². The minimum atomic E-state index is -1.01. The van der Waals surface area contributed by atoms with Crippen LogP contribution in [0.15, 0.2) is 60.7 Å². The molecule has 0 radical (unpaired) electrons. The molecule has 0 spiro atoms. The quantitative estimate of drug-likeness (QED) is 0.834. The van der Waals surface area contributed by atoms with Crippen molar-refractivity contribution in [2.45, 2.75) is 6.54 Å². The van der Waals surface area contributed by atoms with Gasteiger partial charge in [-0.05, 0) is 17.7 Å². The molecule has 0 saturated heterocycles. The number of carbonyl (C=O) groups is 1. The maximum absolute atomic E-state index is 12.1. The lowest BCUT2D eigenvalue weighted by atomic mass is 10.1. The smallest absolute Gasteiger partial charge is 0.244 e. The van der Waals surface area contributed by atoms with Gasteiger partial charge < -0.3 is 10.6 Å². The summed E-state index contributed by atoms with van der Waals surface area (Å²) in [6.07, 6.45) is 0. The molecule has 22 heavy (non-hydrogen) atoms. The minimum Gasteiger partial charge on any atom is -0.351 e. The molecule has 0 aliphatic heterocycles. The second-order valence-electron chi connectivity index (χ2n) is 4.62. The van der Waals surface area contributed by atoms with E-state index in [-0.39, 0.29) is 4.99 Å². The molecule has 2 rings (SSSR count). The lowest BCUT2D eigenvalue weighted by molar-refractivity contribution is -0.121. The Balaban J connectivity index is 1.94. The van der Waals surface area contributed by atoms with Crippen LogP contribution >= 0.6 is 12.2 Å². The number of carbonyl (C=O) groups excluding carboxylic acids is 1. The molecule has 0 aliphatic carbocycles. The zero-order valence-electron chi connectivity index (χ0n) is 11.8. The molecule has 0 heterocycles. The zero-order valence-corrected chi connectivity index (χ0v) is 12.6. The summed E-state index contributed by atoms with van der Waals surface area (Å²) in [6, 6.07) is 20.7. The second kappa shape index (κ2) is 7.91. The predicted octanol–water partition coefficient (Wildman–Crippen LogP) is 2.88. The molecule has 2 aromatic rings. The van der Waals surface area contributed by atoms with Gasteiger partial charge in [0.2, 0.25) is 5.91 Å². The number of nitrogens with one attached hydrogen (secondary N) is 2. The molecule has 1 atom stereocenters. The molecule has 110 valence electrons. The average Bonchev–Trinajstić information content (AvgIpc) is 2.55. The highest BCUT2D eigenvalue weighted by atomic mass is 32.1. The Morgan fingerprint density at radius 1 is 1.09 bits per heavy atom. The first-order chi connectivity index (χ1) is 10.7. The zero-order chi connectivity index (χ0) is 15.8. The van der Waals surface area contributed by atoms with Gasteiger partial charge in [-0.15, -0.1) is 0 Å². The van der Waals surface area contributed by atoms with Crippen molar-refractivity contribution in [3.05, 3.63) is 66.2 Å². The van der Waals surface area contributed by atoms with E-state index in [0.29, 0.717) is 6.54 Å². The van der Waals surface area contributed by atoms with Crippen molar-refractivity contribution >= 4 is 28.8 Å². The molecular weight excluding hydrogens is 294 g/mol.